The number of aromatic nitrogens is 12. The maximum atomic E-state index is 14.7. The van der Waals surface area contributed by atoms with Crippen molar-refractivity contribution in [3.05, 3.63) is 228 Å². The molecule has 0 saturated carbocycles. The molecule has 12 aromatic rings. The monoisotopic (exact) mass is 1480 g/mol. The maximum absolute atomic E-state index is 14.7. The molecule has 105 heavy (non-hydrogen) atoms. The standard InChI is InChI=1S/2C26H27FN6O2.C23H22FN7O.3H2S/c1-15(17-6-7-19(27)23-18(25(34)28-4)9-10-29-24(17)23)12-31-22-11-20(32-14-33-22)16-5-8-21(30-13-16)26(2,3)35;1-15(17-6-5-7-18-23(25(34)28-4)19(27)13-31-24(17)18)11-30-22-10-20(32-14-33-22)16-8-9-21(29-12-16)26(2,3)35;1-13(15-4-3-5-16-17(23(32)26-2)6-7-27-21(15)16)10-28-20-9-19(30-12-31-20)14-8-18(24)22(25)29-11-14;;;/h5-11,13-15,35H,12H2,1-4H3,(H,28,34)(H,31,32,33);5-10,12-15,35H,11H2,1-4H3,(H,28,34)(H,30,32,33);3-9,11-13H,10H2,1-2H3,(H2,25,29)(H,26,32)(H,28,30,31);3*1H2/t2*15-;13-;;;/m111.../s1. The predicted molar refractivity (Wildman–Crippen MR) is 418 cm³/mol. The number of hydrogen-bond acceptors (Lipinski definition) is 21. The van der Waals surface area contributed by atoms with E-state index in [1.165, 1.54) is 63.7 Å². The smallest absolute Gasteiger partial charge is 0.254 e. The van der Waals surface area contributed by atoms with Crippen molar-refractivity contribution in [1.82, 2.24) is 75.8 Å². The van der Waals surface area contributed by atoms with Crippen LogP contribution in [-0.2, 0) is 11.2 Å². The van der Waals surface area contributed by atoms with Crippen molar-refractivity contribution < 1.29 is 37.8 Å². The number of hydrogen-bond donors (Lipinski definition) is 9. The number of aliphatic hydroxyl groups is 2. The molecule has 3 atom stereocenters. The number of amides is 3. The van der Waals surface area contributed by atoms with Gasteiger partial charge in [-0.3, -0.25) is 39.3 Å². The van der Waals surface area contributed by atoms with Gasteiger partial charge in [-0.15, -0.1) is 0 Å². The van der Waals surface area contributed by atoms with Crippen molar-refractivity contribution in [3.8, 4) is 33.8 Å². The predicted octanol–water partition coefficient (Wildman–Crippen LogP) is 11.8. The van der Waals surface area contributed by atoms with E-state index in [4.69, 9.17) is 5.73 Å². The van der Waals surface area contributed by atoms with Crippen LogP contribution in [0.4, 0.5) is 36.4 Å². The van der Waals surface area contributed by atoms with E-state index in [0.717, 1.165) is 44.9 Å². The molecule has 0 aliphatic heterocycles. The first-order valence-electron chi connectivity index (χ1n) is 32.5. The molecule has 0 saturated heterocycles. The van der Waals surface area contributed by atoms with Crippen molar-refractivity contribution in [2.75, 3.05) is 62.5 Å². The first kappa shape index (κ1) is 81.3. The third-order valence-electron chi connectivity index (χ3n) is 16.9. The molecular formula is C75H82F3N19O5S3. The Morgan fingerprint density at radius 1 is 0.438 bits per heavy atom. The third-order valence-corrected chi connectivity index (χ3v) is 16.9. The second-order valence-electron chi connectivity index (χ2n) is 25.1. The zero-order valence-corrected chi connectivity index (χ0v) is 62.1. The highest BCUT2D eigenvalue weighted by molar-refractivity contribution is 7.59. The lowest BCUT2D eigenvalue weighted by Crippen LogP contribution is -2.20. The highest BCUT2D eigenvalue weighted by Gasteiger charge is 2.24. The van der Waals surface area contributed by atoms with Gasteiger partial charge >= 0.3 is 0 Å². The number of anilines is 4. The summed E-state index contributed by atoms with van der Waals surface area (Å²) in [5.74, 6) is -1.04. The van der Waals surface area contributed by atoms with E-state index in [-0.39, 0.29) is 92.4 Å². The number of nitrogen functional groups attached to an aromatic ring is 1. The van der Waals surface area contributed by atoms with Gasteiger partial charge < -0.3 is 47.8 Å². The van der Waals surface area contributed by atoms with Gasteiger partial charge in [0.2, 0.25) is 0 Å². The Morgan fingerprint density at radius 2 is 0.867 bits per heavy atom. The molecule has 0 unspecified atom stereocenters. The van der Waals surface area contributed by atoms with Crippen LogP contribution in [0.5, 0.6) is 0 Å². The second kappa shape index (κ2) is 35.9. The SMILES string of the molecule is CNC(=O)c1c(F)cnc2c([C@H](C)CNc3cc(-c4ccc(C(C)(C)O)nc4)ncn3)cccc12.CNC(=O)c1ccnc2c([C@H](C)CNc3cc(-c4ccc(C(C)(C)O)nc4)ncn3)ccc(F)c12.CNC(=O)c1ccnc2c([C@H](C)CNc3cc(-c4cnc(N)c(F)c4)ncn3)cccc12.S.S.S. The summed E-state index contributed by atoms with van der Waals surface area (Å²) in [4.78, 5) is 88.1. The normalized spacial score (nSPS) is 11.9. The van der Waals surface area contributed by atoms with Crippen LogP contribution in [0.1, 0.15) is 125 Å². The molecule has 30 heteroatoms. The van der Waals surface area contributed by atoms with Gasteiger partial charge in [-0.25, -0.2) is 48.1 Å². The molecule has 3 aromatic carbocycles. The minimum atomic E-state index is -1.02. The zero-order valence-electron chi connectivity index (χ0n) is 59.1. The van der Waals surface area contributed by atoms with Crippen LogP contribution < -0.4 is 37.6 Å². The highest BCUT2D eigenvalue weighted by atomic mass is 32.1. The Morgan fingerprint density at radius 3 is 1.32 bits per heavy atom. The molecular weight excluding hydrogens is 1400 g/mol. The average molecular weight is 1480 g/mol. The minimum absolute atomic E-state index is 0. The first-order valence-corrected chi connectivity index (χ1v) is 32.5. The second-order valence-corrected chi connectivity index (χ2v) is 25.1. The molecule has 3 amide bonds. The van der Waals surface area contributed by atoms with Crippen molar-refractivity contribution >= 4 is 114 Å². The lowest BCUT2D eigenvalue weighted by atomic mass is 9.95. The molecule has 10 N–H and O–H groups in total. The van der Waals surface area contributed by atoms with Crippen LogP contribution in [0.3, 0.4) is 0 Å². The van der Waals surface area contributed by atoms with Crippen LogP contribution in [0.2, 0.25) is 0 Å². The van der Waals surface area contributed by atoms with Crippen LogP contribution in [0.25, 0.3) is 66.5 Å². The molecule has 9 heterocycles. The number of carbonyl (C=O) groups excluding carboxylic acids is 3. The Bertz CT molecular complexity index is 5040. The Kier molecular flexibility index (Phi) is 27.8. The van der Waals surface area contributed by atoms with Gasteiger partial charge in [-0.2, -0.15) is 40.5 Å². The fourth-order valence-electron chi connectivity index (χ4n) is 11.2. The van der Waals surface area contributed by atoms with E-state index < -0.39 is 34.6 Å². The van der Waals surface area contributed by atoms with Gasteiger partial charge in [0.05, 0.1) is 67.9 Å². The fourth-order valence-corrected chi connectivity index (χ4v) is 11.2. The van der Waals surface area contributed by atoms with Gasteiger partial charge in [0.15, 0.2) is 17.5 Å². The van der Waals surface area contributed by atoms with Crippen molar-refractivity contribution in [2.45, 2.75) is 77.4 Å². The van der Waals surface area contributed by atoms with Crippen molar-refractivity contribution in [3.63, 3.8) is 0 Å². The van der Waals surface area contributed by atoms with E-state index in [1.807, 2.05) is 62.4 Å². The lowest BCUT2D eigenvalue weighted by molar-refractivity contribution is 0.0733. The largest absolute Gasteiger partial charge is 0.384 e. The molecule has 546 valence electrons. The number of benzene rings is 3. The molecule has 0 radical (unpaired) electrons. The summed E-state index contributed by atoms with van der Waals surface area (Å²) >= 11 is 0. The number of carbonyl (C=O) groups is 3. The van der Waals surface area contributed by atoms with Gasteiger partial charge in [0.25, 0.3) is 17.7 Å². The number of para-hydroxylation sites is 2. The summed E-state index contributed by atoms with van der Waals surface area (Å²) in [5, 5.41) is 39.3. The zero-order chi connectivity index (χ0) is 73.0. The van der Waals surface area contributed by atoms with Gasteiger partial charge in [-0.05, 0) is 92.9 Å². The Labute approximate surface area is 625 Å². The van der Waals surface area contributed by atoms with Crippen LogP contribution in [0, 0.1) is 17.5 Å². The number of fused-ring (bicyclic) bond motifs is 3. The topological polar surface area (TPSA) is 345 Å². The van der Waals surface area contributed by atoms with Crippen LogP contribution in [0.15, 0.2) is 165 Å². The fraction of sp³-hybridized carbons (Fsp3) is 0.240. The highest BCUT2D eigenvalue weighted by Crippen LogP contribution is 2.33. The number of halogens is 3. The molecule has 0 fully saturated rings. The quantitative estimate of drug-likeness (QED) is 0.0342. The Balaban J connectivity index is 0.000000217. The van der Waals surface area contributed by atoms with Crippen LogP contribution >= 0.6 is 40.5 Å². The van der Waals surface area contributed by atoms with Crippen molar-refractivity contribution in [2.24, 2.45) is 0 Å². The average Bonchev–Trinajstić information content (AvgIpc) is 0.783. The van der Waals surface area contributed by atoms with Crippen molar-refractivity contribution in [1.29, 1.82) is 0 Å². The van der Waals surface area contributed by atoms with Gasteiger partial charge in [-0.1, -0.05) is 63.2 Å². The number of pyridine rings is 6. The molecule has 0 spiro atoms. The van der Waals surface area contributed by atoms with E-state index in [9.17, 15) is 37.8 Å². The van der Waals surface area contributed by atoms with Crippen LogP contribution in [-0.4, -0.2) is 129 Å². The summed E-state index contributed by atoms with van der Waals surface area (Å²) in [7, 11) is 4.59. The summed E-state index contributed by atoms with van der Waals surface area (Å²) < 4.78 is 42.8. The molecule has 0 bridgehead atoms. The van der Waals surface area contributed by atoms with Gasteiger partial charge in [0, 0.05) is 141 Å². The number of nitrogens with one attached hydrogen (secondary N) is 6. The molecule has 12 rings (SSSR count). The Hall–Kier alpha value is -11.1. The molecule has 0 aliphatic rings. The summed E-state index contributed by atoms with van der Waals surface area (Å²) in [6.07, 6.45) is 13.4. The molecule has 0 aliphatic carbocycles. The third kappa shape index (κ3) is 19.4. The lowest BCUT2D eigenvalue weighted by Gasteiger charge is -2.17. The number of nitrogens with two attached hydrogens (primary N) is 1. The minimum Gasteiger partial charge on any atom is -0.384 e. The van der Waals surface area contributed by atoms with Gasteiger partial charge in [0.1, 0.15) is 53.5 Å². The number of rotatable bonds is 20. The maximum Gasteiger partial charge on any atom is 0.254 e. The summed E-state index contributed by atoms with van der Waals surface area (Å²) in [6.45, 7) is 14.4. The molecule has 24 nitrogen and oxygen atoms in total. The van der Waals surface area contributed by atoms with E-state index in [2.05, 4.69) is 98.6 Å². The summed E-state index contributed by atoms with van der Waals surface area (Å²) in [5.41, 5.74) is 14.0. The first-order chi connectivity index (χ1) is 48.8. The summed E-state index contributed by atoms with van der Waals surface area (Å²) in [6, 6.07) is 31.5. The van der Waals surface area contributed by atoms with E-state index >= 15 is 0 Å². The van der Waals surface area contributed by atoms with E-state index in [0.29, 0.717) is 93.1 Å². The number of nitrogens with zero attached hydrogens (tertiary/aromatic N) is 12. The van der Waals surface area contributed by atoms with E-state index in [1.54, 1.807) is 95.8 Å². The molecule has 9 aromatic heterocycles.